The zero-order chi connectivity index (χ0) is 17.4. The Hall–Kier alpha value is -1.79. The van der Waals surface area contributed by atoms with E-state index in [9.17, 15) is 19.5 Å². The van der Waals surface area contributed by atoms with Crippen LogP contribution in [0.25, 0.3) is 0 Å². The summed E-state index contributed by atoms with van der Waals surface area (Å²) >= 11 is 11.9. The first-order valence-corrected chi connectivity index (χ1v) is 8.45. The molecule has 6 nitrogen and oxygen atoms in total. The van der Waals surface area contributed by atoms with Gasteiger partial charge in [-0.15, -0.1) is 0 Å². The predicted molar refractivity (Wildman–Crippen MR) is 89.3 cm³/mol. The summed E-state index contributed by atoms with van der Waals surface area (Å²) in [5, 5.41) is 10.0. The summed E-state index contributed by atoms with van der Waals surface area (Å²) in [4.78, 5) is 39.3. The van der Waals surface area contributed by atoms with Crippen LogP contribution in [-0.2, 0) is 14.4 Å². The van der Waals surface area contributed by atoms with Crippen LogP contribution in [0.1, 0.15) is 19.3 Å². The second-order valence-corrected chi connectivity index (χ2v) is 6.86. The number of likely N-dealkylation sites (tertiary alicyclic amines) is 1. The molecule has 2 aliphatic rings. The number of hydrogen-bond donors (Lipinski definition) is 1. The van der Waals surface area contributed by atoms with Gasteiger partial charge < -0.3 is 14.9 Å². The smallest absolute Gasteiger partial charge is 0.326 e. The average molecular weight is 371 g/mol. The van der Waals surface area contributed by atoms with E-state index in [0.717, 1.165) is 0 Å². The summed E-state index contributed by atoms with van der Waals surface area (Å²) in [5.74, 6) is -2.61. The molecule has 2 amide bonds. The number of aliphatic carboxylic acids is 1. The quantitative estimate of drug-likeness (QED) is 0.828. The van der Waals surface area contributed by atoms with Gasteiger partial charge in [0.2, 0.25) is 11.8 Å². The zero-order valence-corrected chi connectivity index (χ0v) is 14.3. The lowest BCUT2D eigenvalue weighted by atomic mass is 10.1. The minimum atomic E-state index is -1.02. The minimum Gasteiger partial charge on any atom is -0.480 e. The molecular formula is C16H16Cl2N2O4. The lowest BCUT2D eigenvalue weighted by Gasteiger charge is -2.24. The van der Waals surface area contributed by atoms with Crippen molar-refractivity contribution in [3.05, 3.63) is 28.2 Å². The fraction of sp³-hybridized carbons (Fsp3) is 0.438. The van der Waals surface area contributed by atoms with Crippen LogP contribution in [0.15, 0.2) is 18.2 Å². The number of carbonyl (C=O) groups excluding carboxylic acids is 2. The number of halogens is 2. The highest BCUT2D eigenvalue weighted by atomic mass is 35.5. The van der Waals surface area contributed by atoms with Crippen molar-refractivity contribution in [2.45, 2.75) is 25.3 Å². The van der Waals surface area contributed by atoms with Crippen LogP contribution < -0.4 is 4.90 Å². The molecule has 24 heavy (non-hydrogen) atoms. The van der Waals surface area contributed by atoms with Crippen LogP contribution in [0, 0.1) is 5.92 Å². The molecule has 0 saturated carbocycles. The highest BCUT2D eigenvalue weighted by Gasteiger charge is 2.44. The molecule has 2 atom stereocenters. The number of carbonyl (C=O) groups is 3. The highest BCUT2D eigenvalue weighted by molar-refractivity contribution is 6.35. The molecule has 2 heterocycles. The van der Waals surface area contributed by atoms with Gasteiger partial charge in [-0.2, -0.15) is 0 Å². The summed E-state index contributed by atoms with van der Waals surface area (Å²) in [5.41, 5.74) is 0.545. The maximum Gasteiger partial charge on any atom is 0.326 e. The van der Waals surface area contributed by atoms with Crippen molar-refractivity contribution < 1.29 is 19.5 Å². The monoisotopic (exact) mass is 370 g/mol. The number of hydrogen-bond acceptors (Lipinski definition) is 3. The molecule has 1 aromatic rings. The highest BCUT2D eigenvalue weighted by Crippen LogP contribution is 2.32. The van der Waals surface area contributed by atoms with Crippen LogP contribution in [0.4, 0.5) is 5.69 Å². The molecule has 0 radical (unpaired) electrons. The Morgan fingerprint density at radius 1 is 1.08 bits per heavy atom. The van der Waals surface area contributed by atoms with Crippen molar-refractivity contribution in [3.8, 4) is 0 Å². The van der Waals surface area contributed by atoms with Crippen LogP contribution in [0.5, 0.6) is 0 Å². The number of amides is 2. The van der Waals surface area contributed by atoms with Crippen molar-refractivity contribution in [2.24, 2.45) is 5.92 Å². The van der Waals surface area contributed by atoms with Crippen LogP contribution in [-0.4, -0.2) is 46.9 Å². The fourth-order valence-corrected chi connectivity index (χ4v) is 3.86. The summed E-state index contributed by atoms with van der Waals surface area (Å²) < 4.78 is 0. The minimum absolute atomic E-state index is 0.339. The SMILES string of the molecule is O=C(O)[C@@H]1CCCN1C(=O)[C@H]1CCN(c2cc(Cl)cc(Cl)c2)C1=O. The van der Waals surface area contributed by atoms with Crippen molar-refractivity contribution in [1.29, 1.82) is 0 Å². The largest absolute Gasteiger partial charge is 0.480 e. The van der Waals surface area contributed by atoms with Crippen LogP contribution in [0.2, 0.25) is 10.0 Å². The molecule has 2 saturated heterocycles. The topological polar surface area (TPSA) is 77.9 Å². The number of rotatable bonds is 3. The van der Waals surface area contributed by atoms with Gasteiger partial charge in [0.05, 0.1) is 0 Å². The van der Waals surface area contributed by atoms with Gasteiger partial charge in [0, 0.05) is 28.8 Å². The second-order valence-electron chi connectivity index (χ2n) is 5.99. The van der Waals surface area contributed by atoms with Gasteiger partial charge in [-0.3, -0.25) is 9.59 Å². The molecule has 128 valence electrons. The number of benzene rings is 1. The predicted octanol–water partition coefficient (Wildman–Crippen LogP) is 2.42. The third-order valence-electron chi connectivity index (χ3n) is 4.48. The van der Waals surface area contributed by atoms with E-state index in [1.165, 1.54) is 9.80 Å². The Labute approximate surface area is 148 Å². The molecule has 0 aromatic heterocycles. The maximum atomic E-state index is 12.6. The molecule has 1 N–H and O–H groups in total. The molecule has 0 unspecified atom stereocenters. The number of nitrogens with zero attached hydrogens (tertiary/aromatic N) is 2. The molecule has 3 rings (SSSR count). The van der Waals surface area contributed by atoms with Crippen LogP contribution in [0.3, 0.4) is 0 Å². The van der Waals surface area contributed by atoms with Gasteiger partial charge in [0.25, 0.3) is 0 Å². The number of anilines is 1. The number of carboxylic acid groups (broad SMARTS) is 1. The molecular weight excluding hydrogens is 355 g/mol. The summed E-state index contributed by atoms with van der Waals surface area (Å²) in [6, 6.07) is 3.97. The fourth-order valence-electron chi connectivity index (χ4n) is 3.35. The summed E-state index contributed by atoms with van der Waals surface area (Å²) in [6.45, 7) is 0.750. The van der Waals surface area contributed by atoms with Gasteiger partial charge in [-0.1, -0.05) is 23.2 Å². The van der Waals surface area contributed by atoms with Crippen molar-refractivity contribution in [1.82, 2.24) is 4.90 Å². The summed E-state index contributed by atoms with van der Waals surface area (Å²) in [6.07, 6.45) is 1.41. The first-order valence-electron chi connectivity index (χ1n) is 7.69. The van der Waals surface area contributed by atoms with Crippen molar-refractivity contribution in [3.63, 3.8) is 0 Å². The second kappa shape index (κ2) is 6.61. The van der Waals surface area contributed by atoms with E-state index in [0.29, 0.717) is 48.1 Å². The third kappa shape index (κ3) is 3.08. The van der Waals surface area contributed by atoms with Gasteiger partial charge in [-0.05, 0) is 37.5 Å². The van der Waals surface area contributed by atoms with Gasteiger partial charge in [0.15, 0.2) is 0 Å². The molecule has 0 bridgehead atoms. The molecule has 2 aliphatic heterocycles. The number of carboxylic acids is 1. The Kier molecular flexibility index (Phi) is 4.69. The summed E-state index contributed by atoms with van der Waals surface area (Å²) in [7, 11) is 0. The Balaban J connectivity index is 1.78. The molecule has 8 heteroatoms. The van der Waals surface area contributed by atoms with Crippen LogP contribution >= 0.6 is 23.2 Å². The van der Waals surface area contributed by atoms with E-state index < -0.39 is 23.8 Å². The molecule has 0 aliphatic carbocycles. The molecule has 2 fully saturated rings. The first kappa shape index (κ1) is 17.0. The average Bonchev–Trinajstić information content (AvgIpc) is 3.12. The third-order valence-corrected chi connectivity index (χ3v) is 4.92. The lowest BCUT2D eigenvalue weighted by Crippen LogP contribution is -2.45. The zero-order valence-electron chi connectivity index (χ0n) is 12.7. The Morgan fingerprint density at radius 3 is 2.38 bits per heavy atom. The van der Waals surface area contributed by atoms with Gasteiger partial charge in [0.1, 0.15) is 12.0 Å². The van der Waals surface area contributed by atoms with E-state index >= 15 is 0 Å². The van der Waals surface area contributed by atoms with E-state index in [1.54, 1.807) is 18.2 Å². The normalized spacial score (nSPS) is 23.8. The standard InChI is InChI=1S/C16H16Cl2N2O4/c17-9-6-10(18)8-11(7-9)19-5-3-12(14(19)21)15(22)20-4-1-2-13(20)16(23)24/h6-8,12-13H,1-5H2,(H,23,24)/t12-,13-/m0/s1. The van der Waals surface area contributed by atoms with E-state index in [1.807, 2.05) is 0 Å². The van der Waals surface area contributed by atoms with Crippen molar-refractivity contribution in [2.75, 3.05) is 18.0 Å². The van der Waals surface area contributed by atoms with E-state index in [-0.39, 0.29) is 5.91 Å². The molecule has 0 spiro atoms. The molecule has 1 aromatic carbocycles. The Bertz CT molecular complexity index is 689. The maximum absolute atomic E-state index is 12.6. The van der Waals surface area contributed by atoms with E-state index in [4.69, 9.17) is 23.2 Å². The van der Waals surface area contributed by atoms with Gasteiger partial charge >= 0.3 is 5.97 Å². The van der Waals surface area contributed by atoms with Crippen molar-refractivity contribution >= 4 is 46.7 Å². The van der Waals surface area contributed by atoms with Gasteiger partial charge in [-0.25, -0.2) is 4.79 Å². The van der Waals surface area contributed by atoms with E-state index in [2.05, 4.69) is 0 Å². The first-order chi connectivity index (χ1) is 11.4. The Morgan fingerprint density at radius 2 is 1.75 bits per heavy atom. The lowest BCUT2D eigenvalue weighted by molar-refractivity contribution is -0.151.